The van der Waals surface area contributed by atoms with Gasteiger partial charge in [-0.05, 0) is 6.07 Å². The molecule has 3 heterocycles. The van der Waals surface area contributed by atoms with Crippen molar-refractivity contribution < 1.29 is 24.5 Å². The summed E-state index contributed by atoms with van der Waals surface area (Å²) in [4.78, 5) is 32.1. The van der Waals surface area contributed by atoms with Crippen LogP contribution in [0.1, 0.15) is 0 Å². The molecule has 126 valence electrons. The zero-order chi connectivity index (χ0) is 16.7. The first-order valence-electron chi connectivity index (χ1n) is 7.27. The van der Waals surface area contributed by atoms with E-state index < -0.39 is 5.97 Å². The number of aromatic nitrogens is 2. The van der Waals surface area contributed by atoms with E-state index in [2.05, 4.69) is 14.9 Å². The minimum atomic E-state index is -0.784. The minimum Gasteiger partial charge on any atom is -0.483 e. The van der Waals surface area contributed by atoms with Gasteiger partial charge < -0.3 is 19.8 Å². The van der Waals surface area contributed by atoms with Crippen LogP contribution in [-0.4, -0.2) is 83.0 Å². The third-order valence-corrected chi connectivity index (χ3v) is 3.71. The smallest absolute Gasteiger partial charge is 0.317 e. The van der Waals surface area contributed by atoms with Crippen molar-refractivity contribution in [2.24, 2.45) is 5.92 Å². The van der Waals surface area contributed by atoms with Gasteiger partial charge in [-0.1, -0.05) is 0 Å². The molecule has 2 saturated heterocycles. The van der Waals surface area contributed by atoms with E-state index in [0.717, 1.165) is 13.1 Å². The molecule has 2 N–H and O–H groups in total. The molecule has 23 heavy (non-hydrogen) atoms. The highest BCUT2D eigenvalue weighted by Gasteiger charge is 2.34. The fraction of sp³-hybridized carbons (Fsp3) is 0.571. The van der Waals surface area contributed by atoms with Gasteiger partial charge in [-0.3, -0.25) is 14.5 Å². The number of rotatable bonds is 3. The lowest BCUT2D eigenvalue weighted by Crippen LogP contribution is -2.45. The van der Waals surface area contributed by atoms with Crippen molar-refractivity contribution in [1.82, 2.24) is 14.9 Å². The molecule has 1 aromatic rings. The second-order valence-corrected chi connectivity index (χ2v) is 5.45. The number of carboxylic acids is 1. The lowest BCUT2D eigenvalue weighted by molar-refractivity contribution is -0.138. The van der Waals surface area contributed by atoms with Crippen LogP contribution in [0.25, 0.3) is 0 Å². The van der Waals surface area contributed by atoms with Gasteiger partial charge in [0.25, 0.3) is 6.47 Å². The van der Waals surface area contributed by atoms with E-state index in [1.165, 1.54) is 0 Å². The zero-order valence-electron chi connectivity index (χ0n) is 12.6. The highest BCUT2D eigenvalue weighted by molar-refractivity contribution is 5.69. The summed E-state index contributed by atoms with van der Waals surface area (Å²) in [6, 6.07) is 1.89. The summed E-state index contributed by atoms with van der Waals surface area (Å²) in [5.41, 5.74) is 0. The molecule has 0 aromatic carbocycles. The second kappa shape index (κ2) is 8.39. The number of anilines is 1. The quantitative estimate of drug-likeness (QED) is 0.703. The summed E-state index contributed by atoms with van der Waals surface area (Å²) in [6.45, 7) is 3.30. The SMILES string of the molecule is O=C(O)CN1C[C@@H]2COC[C@H](C1)N(c1ncccn1)C2.O=CO. The molecular weight excluding hydrogens is 304 g/mol. The third kappa shape index (κ3) is 4.86. The maximum Gasteiger partial charge on any atom is 0.317 e. The Kier molecular flexibility index (Phi) is 6.24. The van der Waals surface area contributed by atoms with Crippen LogP contribution in [0.2, 0.25) is 0 Å². The Morgan fingerprint density at radius 1 is 1.30 bits per heavy atom. The van der Waals surface area contributed by atoms with Crippen LogP contribution in [0.15, 0.2) is 18.5 Å². The summed E-state index contributed by atoms with van der Waals surface area (Å²) < 4.78 is 5.70. The van der Waals surface area contributed by atoms with Crippen LogP contribution in [0.4, 0.5) is 5.95 Å². The van der Waals surface area contributed by atoms with Crippen molar-refractivity contribution in [3.8, 4) is 0 Å². The first-order valence-corrected chi connectivity index (χ1v) is 7.27. The molecule has 0 amide bonds. The van der Waals surface area contributed by atoms with Crippen molar-refractivity contribution in [3.05, 3.63) is 18.5 Å². The molecule has 0 unspecified atom stereocenters. The van der Waals surface area contributed by atoms with Crippen LogP contribution in [0.3, 0.4) is 0 Å². The molecule has 2 atom stereocenters. The average Bonchev–Trinajstić information content (AvgIpc) is 2.79. The Hall–Kier alpha value is -2.26. The fourth-order valence-corrected chi connectivity index (χ4v) is 2.94. The van der Waals surface area contributed by atoms with Crippen molar-refractivity contribution in [2.45, 2.75) is 6.04 Å². The molecule has 3 rings (SSSR count). The van der Waals surface area contributed by atoms with Crippen molar-refractivity contribution >= 4 is 18.4 Å². The standard InChI is InChI=1S/C13H18N4O3.CH2O2/c18-12(19)7-16-4-10-5-17(11(6-16)9-20-8-10)13-14-2-1-3-15-13;2-1-3/h1-3,10-11H,4-9H2,(H,18,19);1H,(H,2,3)/t10-,11-;/m0./s1. The molecule has 0 radical (unpaired) electrons. The Bertz CT molecular complexity index is 515. The van der Waals surface area contributed by atoms with E-state index in [-0.39, 0.29) is 25.0 Å². The Balaban J connectivity index is 0.000000595. The molecule has 2 aliphatic rings. The van der Waals surface area contributed by atoms with Crippen molar-refractivity contribution in [1.29, 1.82) is 0 Å². The number of carboxylic acid groups (broad SMARTS) is 2. The Morgan fingerprint density at radius 2 is 2.00 bits per heavy atom. The summed E-state index contributed by atoms with van der Waals surface area (Å²) in [6.07, 6.45) is 3.46. The number of fused-ring (bicyclic) bond motifs is 3. The minimum absolute atomic E-state index is 0.0798. The predicted octanol–water partition coefficient (Wildman–Crippen LogP) is -0.601. The zero-order valence-corrected chi connectivity index (χ0v) is 12.6. The third-order valence-electron chi connectivity index (χ3n) is 3.71. The number of hydrogen-bond donors (Lipinski definition) is 2. The predicted molar refractivity (Wildman–Crippen MR) is 80.2 cm³/mol. The van der Waals surface area contributed by atoms with Crippen LogP contribution >= 0.6 is 0 Å². The first-order chi connectivity index (χ1) is 11.1. The average molecular weight is 324 g/mol. The van der Waals surface area contributed by atoms with Gasteiger partial charge in [0.05, 0.1) is 25.8 Å². The number of aliphatic carboxylic acids is 1. The van der Waals surface area contributed by atoms with E-state index in [4.69, 9.17) is 19.7 Å². The van der Waals surface area contributed by atoms with Crippen LogP contribution in [0.5, 0.6) is 0 Å². The van der Waals surface area contributed by atoms with Crippen LogP contribution in [-0.2, 0) is 14.3 Å². The molecule has 2 aliphatic heterocycles. The number of nitrogens with zero attached hydrogens (tertiary/aromatic N) is 4. The first kappa shape index (κ1) is 17.1. The Labute approximate surface area is 133 Å². The lowest BCUT2D eigenvalue weighted by Gasteiger charge is -2.30. The summed E-state index contributed by atoms with van der Waals surface area (Å²) >= 11 is 0. The van der Waals surface area contributed by atoms with Gasteiger partial charge in [0.1, 0.15) is 0 Å². The van der Waals surface area contributed by atoms with Gasteiger partial charge in [-0.25, -0.2) is 9.97 Å². The topological polar surface area (TPSA) is 116 Å². The summed E-state index contributed by atoms with van der Waals surface area (Å²) in [5.74, 6) is 0.198. The molecule has 0 aliphatic carbocycles. The van der Waals surface area contributed by atoms with Gasteiger partial charge >= 0.3 is 5.97 Å². The van der Waals surface area contributed by atoms with Gasteiger partial charge in [0, 0.05) is 37.9 Å². The van der Waals surface area contributed by atoms with Crippen molar-refractivity contribution in [3.63, 3.8) is 0 Å². The van der Waals surface area contributed by atoms with Gasteiger partial charge in [-0.2, -0.15) is 0 Å². The molecule has 9 nitrogen and oxygen atoms in total. The summed E-state index contributed by atoms with van der Waals surface area (Å²) in [5, 5.41) is 15.9. The van der Waals surface area contributed by atoms with Gasteiger partial charge in [0.2, 0.25) is 5.95 Å². The van der Waals surface area contributed by atoms with E-state index in [1.54, 1.807) is 18.5 Å². The monoisotopic (exact) mass is 324 g/mol. The summed E-state index contributed by atoms with van der Waals surface area (Å²) in [7, 11) is 0. The van der Waals surface area contributed by atoms with Crippen molar-refractivity contribution in [2.75, 3.05) is 44.3 Å². The molecule has 0 spiro atoms. The lowest BCUT2D eigenvalue weighted by atomic mass is 10.1. The molecule has 2 fully saturated rings. The van der Waals surface area contributed by atoms with Crippen LogP contribution in [0, 0.1) is 5.92 Å². The molecular formula is C14H20N4O5. The molecule has 0 saturated carbocycles. The second-order valence-electron chi connectivity index (χ2n) is 5.45. The fourth-order valence-electron chi connectivity index (χ4n) is 2.94. The highest BCUT2D eigenvalue weighted by Crippen LogP contribution is 2.22. The van der Waals surface area contributed by atoms with Crippen LogP contribution < -0.4 is 4.90 Å². The highest BCUT2D eigenvalue weighted by atomic mass is 16.5. The molecule has 2 bridgehead atoms. The largest absolute Gasteiger partial charge is 0.483 e. The van der Waals surface area contributed by atoms with Gasteiger partial charge in [-0.15, -0.1) is 0 Å². The maximum atomic E-state index is 10.9. The van der Waals surface area contributed by atoms with E-state index >= 15 is 0 Å². The number of hydrogen-bond acceptors (Lipinski definition) is 7. The Morgan fingerprint density at radius 3 is 2.65 bits per heavy atom. The van der Waals surface area contributed by atoms with E-state index in [0.29, 0.717) is 25.7 Å². The number of carbonyl (C=O) groups is 2. The number of ether oxygens (including phenoxy) is 1. The van der Waals surface area contributed by atoms with E-state index in [9.17, 15) is 4.79 Å². The van der Waals surface area contributed by atoms with E-state index in [1.807, 2.05) is 4.90 Å². The normalized spacial score (nSPS) is 24.1. The molecule has 9 heteroatoms. The molecule has 1 aromatic heterocycles. The maximum absolute atomic E-state index is 10.9. The van der Waals surface area contributed by atoms with Gasteiger partial charge in [0.15, 0.2) is 0 Å².